The van der Waals surface area contributed by atoms with Gasteiger partial charge in [-0.25, -0.2) is 0 Å². The minimum Gasteiger partial charge on any atom is -0.302 e. The van der Waals surface area contributed by atoms with Gasteiger partial charge >= 0.3 is 0 Å². The van der Waals surface area contributed by atoms with Crippen LogP contribution >= 0.6 is 0 Å². The molecule has 1 aromatic rings. The third-order valence-corrected chi connectivity index (χ3v) is 5.14. The van der Waals surface area contributed by atoms with Crippen LogP contribution in [0.2, 0.25) is 0 Å². The molecule has 0 heterocycles. The Kier molecular flexibility index (Phi) is 12.8. The molecule has 0 saturated heterocycles. The van der Waals surface area contributed by atoms with Gasteiger partial charge in [0.05, 0.1) is 0 Å². The Bertz CT molecular complexity index is 371. The second kappa shape index (κ2) is 14.5. The third-order valence-electron chi connectivity index (χ3n) is 5.14. The lowest BCUT2D eigenvalue weighted by molar-refractivity contribution is 0.276. The highest BCUT2D eigenvalue weighted by Crippen LogP contribution is 2.24. The first-order valence-electron chi connectivity index (χ1n) is 10.5. The largest absolute Gasteiger partial charge is 0.302 e. The summed E-state index contributed by atoms with van der Waals surface area (Å²) in [5.74, 6) is 0. The number of benzene rings is 1. The Morgan fingerprint density at radius 1 is 0.667 bits per heavy atom. The standard InChI is InChI=1S/C23H41N/c1-4-5-6-7-8-9-10-11-12-13-14-18-21-23(24(2)3)22-19-16-15-17-20-22/h15-17,19-20,23H,4-14,18,21H2,1-3H3. The van der Waals surface area contributed by atoms with Crippen molar-refractivity contribution in [3.05, 3.63) is 35.9 Å². The Balaban J connectivity index is 1.99. The molecule has 0 amide bonds. The molecule has 1 heteroatoms. The molecular formula is C23H41N. The molecule has 24 heavy (non-hydrogen) atoms. The van der Waals surface area contributed by atoms with Crippen molar-refractivity contribution in [2.24, 2.45) is 0 Å². The Morgan fingerprint density at radius 2 is 1.12 bits per heavy atom. The van der Waals surface area contributed by atoms with Gasteiger partial charge in [0.15, 0.2) is 0 Å². The van der Waals surface area contributed by atoms with Crippen molar-refractivity contribution in [3.8, 4) is 0 Å². The first-order chi connectivity index (χ1) is 11.8. The van der Waals surface area contributed by atoms with Crippen molar-refractivity contribution < 1.29 is 0 Å². The Labute approximate surface area is 151 Å². The second-order valence-corrected chi connectivity index (χ2v) is 7.57. The third kappa shape index (κ3) is 10.1. The summed E-state index contributed by atoms with van der Waals surface area (Å²) in [6, 6.07) is 11.5. The molecule has 1 unspecified atom stereocenters. The van der Waals surface area contributed by atoms with E-state index in [0.29, 0.717) is 6.04 Å². The van der Waals surface area contributed by atoms with E-state index in [2.05, 4.69) is 56.3 Å². The lowest BCUT2D eigenvalue weighted by atomic mass is 9.98. The average Bonchev–Trinajstić information content (AvgIpc) is 2.59. The average molecular weight is 332 g/mol. The molecule has 0 aliphatic rings. The van der Waals surface area contributed by atoms with Crippen LogP contribution in [0.3, 0.4) is 0 Å². The van der Waals surface area contributed by atoms with Gasteiger partial charge in [-0.15, -0.1) is 0 Å². The van der Waals surface area contributed by atoms with E-state index < -0.39 is 0 Å². The van der Waals surface area contributed by atoms with Gasteiger partial charge in [-0.3, -0.25) is 0 Å². The Morgan fingerprint density at radius 3 is 1.58 bits per heavy atom. The molecular weight excluding hydrogens is 290 g/mol. The van der Waals surface area contributed by atoms with E-state index in [4.69, 9.17) is 0 Å². The summed E-state index contributed by atoms with van der Waals surface area (Å²) in [6.45, 7) is 2.29. The highest BCUT2D eigenvalue weighted by molar-refractivity contribution is 5.18. The fourth-order valence-electron chi connectivity index (χ4n) is 3.58. The molecule has 0 radical (unpaired) electrons. The summed E-state index contributed by atoms with van der Waals surface area (Å²) in [6.07, 6.45) is 18.4. The summed E-state index contributed by atoms with van der Waals surface area (Å²) >= 11 is 0. The van der Waals surface area contributed by atoms with Crippen molar-refractivity contribution in [2.45, 2.75) is 96.4 Å². The second-order valence-electron chi connectivity index (χ2n) is 7.57. The summed E-state index contributed by atoms with van der Waals surface area (Å²) in [5.41, 5.74) is 1.46. The minimum absolute atomic E-state index is 0.578. The van der Waals surface area contributed by atoms with E-state index in [0.717, 1.165) is 0 Å². The van der Waals surface area contributed by atoms with Crippen LogP contribution in [-0.4, -0.2) is 19.0 Å². The van der Waals surface area contributed by atoms with Crippen molar-refractivity contribution >= 4 is 0 Å². The molecule has 1 atom stereocenters. The van der Waals surface area contributed by atoms with Crippen molar-refractivity contribution in [1.29, 1.82) is 0 Å². The predicted octanol–water partition coefficient (Wildman–Crippen LogP) is 7.38. The summed E-state index contributed by atoms with van der Waals surface area (Å²) < 4.78 is 0. The van der Waals surface area contributed by atoms with Gasteiger partial charge < -0.3 is 4.90 Å². The fraction of sp³-hybridized carbons (Fsp3) is 0.739. The fourth-order valence-corrected chi connectivity index (χ4v) is 3.58. The van der Waals surface area contributed by atoms with Crippen LogP contribution in [0.25, 0.3) is 0 Å². The van der Waals surface area contributed by atoms with E-state index in [-0.39, 0.29) is 0 Å². The zero-order valence-electron chi connectivity index (χ0n) is 16.6. The first-order valence-corrected chi connectivity index (χ1v) is 10.5. The maximum Gasteiger partial charge on any atom is 0.0342 e. The molecule has 0 N–H and O–H groups in total. The van der Waals surface area contributed by atoms with Gasteiger partial charge in [-0.1, -0.05) is 114 Å². The topological polar surface area (TPSA) is 3.24 Å². The van der Waals surface area contributed by atoms with E-state index in [1.54, 1.807) is 0 Å². The SMILES string of the molecule is CCCCCCCCCCCCCCC(c1ccccc1)N(C)C. The molecule has 0 saturated carbocycles. The van der Waals surface area contributed by atoms with Crippen LogP contribution < -0.4 is 0 Å². The number of hydrogen-bond donors (Lipinski definition) is 0. The van der Waals surface area contributed by atoms with Gasteiger partial charge in [-0.05, 0) is 26.1 Å². The Hall–Kier alpha value is -0.820. The smallest absolute Gasteiger partial charge is 0.0342 e. The quantitative estimate of drug-likeness (QED) is 0.303. The lowest BCUT2D eigenvalue weighted by Gasteiger charge is -2.24. The van der Waals surface area contributed by atoms with Crippen LogP contribution in [0.1, 0.15) is 102 Å². The first kappa shape index (κ1) is 21.2. The molecule has 0 aliphatic carbocycles. The number of rotatable bonds is 15. The molecule has 0 aromatic heterocycles. The van der Waals surface area contributed by atoms with E-state index in [1.165, 1.54) is 89.0 Å². The van der Waals surface area contributed by atoms with Gasteiger partial charge in [0.1, 0.15) is 0 Å². The number of hydrogen-bond acceptors (Lipinski definition) is 1. The summed E-state index contributed by atoms with van der Waals surface area (Å²) in [7, 11) is 4.41. The van der Waals surface area contributed by atoms with Crippen LogP contribution in [0, 0.1) is 0 Å². The van der Waals surface area contributed by atoms with Crippen molar-refractivity contribution in [1.82, 2.24) is 4.90 Å². The predicted molar refractivity (Wildman–Crippen MR) is 109 cm³/mol. The van der Waals surface area contributed by atoms with E-state index in [1.807, 2.05) is 0 Å². The maximum absolute atomic E-state index is 2.37. The zero-order valence-corrected chi connectivity index (χ0v) is 16.6. The molecule has 0 fully saturated rings. The van der Waals surface area contributed by atoms with Crippen LogP contribution in [0.4, 0.5) is 0 Å². The van der Waals surface area contributed by atoms with Crippen LogP contribution in [0.5, 0.6) is 0 Å². The molecule has 1 aromatic carbocycles. The van der Waals surface area contributed by atoms with E-state index in [9.17, 15) is 0 Å². The highest BCUT2D eigenvalue weighted by atomic mass is 15.1. The molecule has 0 aliphatic heterocycles. The van der Waals surface area contributed by atoms with Crippen LogP contribution in [0.15, 0.2) is 30.3 Å². The zero-order chi connectivity index (χ0) is 17.5. The summed E-state index contributed by atoms with van der Waals surface area (Å²) in [5, 5.41) is 0. The molecule has 138 valence electrons. The van der Waals surface area contributed by atoms with Crippen molar-refractivity contribution in [2.75, 3.05) is 14.1 Å². The maximum atomic E-state index is 2.37. The molecule has 0 spiro atoms. The lowest BCUT2D eigenvalue weighted by Crippen LogP contribution is -2.19. The summed E-state index contributed by atoms with van der Waals surface area (Å²) in [4.78, 5) is 2.37. The highest BCUT2D eigenvalue weighted by Gasteiger charge is 2.12. The number of unbranched alkanes of at least 4 members (excludes halogenated alkanes) is 11. The monoisotopic (exact) mass is 331 g/mol. The van der Waals surface area contributed by atoms with Gasteiger partial charge in [0.2, 0.25) is 0 Å². The molecule has 1 nitrogen and oxygen atoms in total. The minimum atomic E-state index is 0.578. The van der Waals surface area contributed by atoms with Gasteiger partial charge in [0, 0.05) is 6.04 Å². The van der Waals surface area contributed by atoms with Gasteiger partial charge in [0.25, 0.3) is 0 Å². The van der Waals surface area contributed by atoms with Gasteiger partial charge in [-0.2, -0.15) is 0 Å². The number of nitrogens with zero attached hydrogens (tertiary/aromatic N) is 1. The van der Waals surface area contributed by atoms with E-state index >= 15 is 0 Å². The normalized spacial score (nSPS) is 12.7. The van der Waals surface area contributed by atoms with Crippen molar-refractivity contribution in [3.63, 3.8) is 0 Å². The molecule has 0 bridgehead atoms. The molecule has 1 rings (SSSR count). The van der Waals surface area contributed by atoms with Crippen LogP contribution in [-0.2, 0) is 0 Å².